The van der Waals surface area contributed by atoms with Crippen LogP contribution in [0, 0.1) is 26.1 Å². The normalized spacial score (nSPS) is 21.8. The van der Waals surface area contributed by atoms with Crippen molar-refractivity contribution in [1.29, 1.82) is 0 Å². The highest BCUT2D eigenvalue weighted by Gasteiger charge is 2.48. The lowest BCUT2D eigenvalue weighted by Crippen LogP contribution is -2.59. The van der Waals surface area contributed by atoms with Crippen LogP contribution in [0.3, 0.4) is 0 Å². The Balaban J connectivity index is 1.20. The summed E-state index contributed by atoms with van der Waals surface area (Å²) in [6.45, 7) is 2.71. The van der Waals surface area contributed by atoms with Crippen molar-refractivity contribution in [2.75, 3.05) is 57.8 Å². The molecule has 0 bridgehead atoms. The van der Waals surface area contributed by atoms with Gasteiger partial charge in [-0.15, -0.1) is 0 Å². The molecule has 2 amide bonds. The fourth-order valence-corrected chi connectivity index (χ4v) is 6.37. The van der Waals surface area contributed by atoms with Crippen LogP contribution in [0.5, 0.6) is 11.5 Å². The average molecular weight is 781 g/mol. The summed E-state index contributed by atoms with van der Waals surface area (Å²) in [5.41, 5.74) is 10.6. The number of amides is 2. The molecule has 0 spiro atoms. The number of rotatable bonds is 19. The molecular weight excluding hydrogens is 736 g/mol. The number of anilines is 2. The maximum atomic E-state index is 12.1. The van der Waals surface area contributed by atoms with E-state index in [1.165, 1.54) is 26.4 Å². The van der Waals surface area contributed by atoms with Crippen molar-refractivity contribution >= 4 is 34.6 Å². The summed E-state index contributed by atoms with van der Waals surface area (Å²) in [5.74, 6) is -1.82. The van der Waals surface area contributed by atoms with Gasteiger partial charge in [0.25, 0.3) is 11.4 Å². The van der Waals surface area contributed by atoms with E-state index >= 15 is 0 Å². The Hall–Kier alpha value is -5.86. The van der Waals surface area contributed by atoms with Crippen molar-refractivity contribution in [3.05, 3.63) is 104 Å². The van der Waals surface area contributed by atoms with Gasteiger partial charge in [-0.3, -0.25) is 29.8 Å². The Kier molecular flexibility index (Phi) is 14.1. The van der Waals surface area contributed by atoms with Crippen LogP contribution in [-0.2, 0) is 23.7 Å². The first kappa shape index (κ1) is 41.3. The molecule has 6 atom stereocenters. The number of methoxy groups -OCH3 is 2. The third-order valence-electron chi connectivity index (χ3n) is 9.14. The second-order valence-electron chi connectivity index (χ2n) is 12.8. The number of nitrogens with two attached hydrogens (primary N) is 2. The van der Waals surface area contributed by atoms with E-state index in [2.05, 4.69) is 10.6 Å². The summed E-state index contributed by atoms with van der Waals surface area (Å²) in [7, 11) is 2.82. The zero-order valence-corrected chi connectivity index (χ0v) is 30.9. The van der Waals surface area contributed by atoms with Gasteiger partial charge in [0.15, 0.2) is 24.0 Å². The van der Waals surface area contributed by atoms with E-state index in [-0.39, 0.29) is 78.4 Å². The number of nitro benzene ring substituents is 2. The van der Waals surface area contributed by atoms with E-state index in [9.17, 15) is 29.8 Å². The topological polar surface area (TPSA) is 261 Å². The van der Waals surface area contributed by atoms with Gasteiger partial charge in [-0.2, -0.15) is 0 Å². The molecule has 19 heteroatoms. The van der Waals surface area contributed by atoms with Crippen molar-refractivity contribution in [2.45, 2.75) is 44.2 Å². The predicted octanol–water partition coefficient (Wildman–Crippen LogP) is 4.07. The van der Waals surface area contributed by atoms with Gasteiger partial charge in [0.1, 0.15) is 23.7 Å². The first-order valence-corrected chi connectivity index (χ1v) is 17.6. The Labute approximate surface area is 321 Å². The molecule has 3 aromatic rings. The van der Waals surface area contributed by atoms with Gasteiger partial charge in [0.05, 0.1) is 42.9 Å². The largest absolute Gasteiger partial charge is 0.494 e. The van der Waals surface area contributed by atoms with Crippen LogP contribution < -0.4 is 31.6 Å². The lowest BCUT2D eigenvalue weighted by molar-refractivity contribution is -0.384. The number of hydrogen-bond acceptors (Lipinski definition) is 15. The van der Waals surface area contributed by atoms with Crippen molar-refractivity contribution < 1.29 is 52.6 Å². The fraction of sp³-hybridized carbons (Fsp3) is 0.405. The van der Waals surface area contributed by atoms with E-state index in [0.29, 0.717) is 13.0 Å². The van der Waals surface area contributed by atoms with Gasteiger partial charge in [-0.05, 0) is 12.1 Å². The van der Waals surface area contributed by atoms with Crippen LogP contribution in [0.2, 0.25) is 0 Å². The number of carbonyl (C=O) groups excluding carboxylic acids is 2. The molecule has 19 nitrogen and oxygen atoms in total. The number of ether oxygens (including phenoxy) is 7. The smallest absolute Gasteiger partial charge is 0.296 e. The quantitative estimate of drug-likeness (QED) is 0.0578. The molecule has 2 saturated heterocycles. The molecule has 5 rings (SSSR count). The molecule has 1 unspecified atom stereocenters. The van der Waals surface area contributed by atoms with Gasteiger partial charge < -0.3 is 55.3 Å². The summed E-state index contributed by atoms with van der Waals surface area (Å²) in [4.78, 5) is 46.1. The minimum Gasteiger partial charge on any atom is -0.494 e. The van der Waals surface area contributed by atoms with Gasteiger partial charge >= 0.3 is 0 Å². The van der Waals surface area contributed by atoms with Crippen LogP contribution in [-0.4, -0.2) is 93.4 Å². The third kappa shape index (κ3) is 9.86. The van der Waals surface area contributed by atoms with Crippen molar-refractivity contribution in [1.82, 2.24) is 0 Å². The summed E-state index contributed by atoms with van der Waals surface area (Å²) in [5, 5.41) is 29.6. The van der Waals surface area contributed by atoms with Gasteiger partial charge in [0.2, 0.25) is 11.8 Å². The molecule has 3 aromatic carbocycles. The molecule has 56 heavy (non-hydrogen) atoms. The molecule has 0 aromatic heterocycles. The Morgan fingerprint density at radius 3 is 2.02 bits per heavy atom. The Bertz CT molecular complexity index is 1910. The van der Waals surface area contributed by atoms with Crippen LogP contribution in [0.25, 0.3) is 0 Å². The zero-order chi connectivity index (χ0) is 40.4. The highest BCUT2D eigenvalue weighted by atomic mass is 16.8. The Morgan fingerprint density at radius 2 is 1.46 bits per heavy atom. The molecule has 2 heterocycles. The fourth-order valence-electron chi connectivity index (χ4n) is 6.37. The van der Waals surface area contributed by atoms with Crippen LogP contribution in [0.15, 0.2) is 66.7 Å². The minimum atomic E-state index is -0.882. The monoisotopic (exact) mass is 780 g/mol. The van der Waals surface area contributed by atoms with Crippen molar-refractivity contribution in [3.8, 4) is 11.5 Å². The maximum Gasteiger partial charge on any atom is 0.296 e. The number of nitrogens with one attached hydrogen (secondary N) is 2. The molecule has 0 radical (unpaired) electrons. The van der Waals surface area contributed by atoms with Crippen LogP contribution >= 0.6 is 0 Å². The van der Waals surface area contributed by atoms with E-state index in [1.54, 1.807) is 12.2 Å². The molecule has 2 fully saturated rings. The second-order valence-corrected chi connectivity index (χ2v) is 12.8. The van der Waals surface area contributed by atoms with E-state index in [0.717, 1.165) is 17.7 Å². The summed E-state index contributed by atoms with van der Waals surface area (Å²) in [6.07, 6.45) is 1.17. The SMILES string of the molecule is COc1cc(C(N)=O)cc([N+](=O)[O-])c1NC/C=C/CNc1c(OCCCO[C@H]2[C@@H](OC)O[C@@H]3COC(c4ccccc4)O[C@H]3[C@@H]2C)cc(C(N)=O)cc1[N+](=O)[O-]. The predicted molar refractivity (Wildman–Crippen MR) is 201 cm³/mol. The molecule has 2 aliphatic rings. The number of primary amides is 2. The van der Waals surface area contributed by atoms with Crippen molar-refractivity contribution in [2.24, 2.45) is 17.4 Å². The molecule has 6 N–H and O–H groups in total. The molecular formula is C37H44N6O13. The summed E-state index contributed by atoms with van der Waals surface area (Å²) < 4.78 is 41.4. The number of carbonyl (C=O) groups is 2. The van der Waals surface area contributed by atoms with Crippen molar-refractivity contribution in [3.63, 3.8) is 0 Å². The number of hydrogen-bond donors (Lipinski definition) is 4. The third-order valence-corrected chi connectivity index (χ3v) is 9.14. The van der Waals surface area contributed by atoms with E-state index < -0.39 is 51.7 Å². The lowest BCUT2D eigenvalue weighted by atomic mass is 9.89. The molecule has 2 aliphatic heterocycles. The highest BCUT2D eigenvalue weighted by molar-refractivity contribution is 5.96. The number of nitrogens with zero attached hydrogens (tertiary/aromatic N) is 2. The van der Waals surface area contributed by atoms with Crippen LogP contribution in [0.4, 0.5) is 22.7 Å². The first-order chi connectivity index (χ1) is 26.9. The molecule has 0 saturated carbocycles. The highest BCUT2D eigenvalue weighted by Crippen LogP contribution is 2.39. The molecule has 300 valence electrons. The van der Waals surface area contributed by atoms with Gasteiger partial charge in [-0.1, -0.05) is 49.4 Å². The zero-order valence-electron chi connectivity index (χ0n) is 30.9. The lowest BCUT2D eigenvalue weighted by Gasteiger charge is -2.48. The van der Waals surface area contributed by atoms with E-state index in [4.69, 9.17) is 44.6 Å². The second kappa shape index (κ2) is 19.1. The summed E-state index contributed by atoms with van der Waals surface area (Å²) >= 11 is 0. The number of fused-ring (bicyclic) bond motifs is 1. The number of nitro groups is 2. The maximum absolute atomic E-state index is 12.1. The van der Waals surface area contributed by atoms with Crippen LogP contribution in [0.1, 0.15) is 45.9 Å². The molecule has 0 aliphatic carbocycles. The minimum absolute atomic E-state index is 0.00213. The number of benzene rings is 3. The summed E-state index contributed by atoms with van der Waals surface area (Å²) in [6, 6.07) is 14.3. The Morgan fingerprint density at radius 1 is 0.875 bits per heavy atom. The average Bonchev–Trinajstić information content (AvgIpc) is 3.19. The first-order valence-electron chi connectivity index (χ1n) is 17.6. The van der Waals surface area contributed by atoms with E-state index in [1.807, 2.05) is 37.3 Å². The van der Waals surface area contributed by atoms with Gasteiger partial charge in [0, 0.05) is 61.4 Å². The van der Waals surface area contributed by atoms with Gasteiger partial charge in [-0.25, -0.2) is 0 Å². The standard InChI is InChI=1S/C37H44N6O13/c1-21-32-29(20-54-36(56-32)22-10-5-4-6-11-22)55-37(51-3)33(21)53-15-9-14-52-28-19-24(35(39)45)17-26(43(48)49)31(28)41-13-8-7-12-40-30-25(42(46)47)16-23(34(38)44)18-27(30)50-2/h4-8,10-11,16-19,21,29,32-33,36-37,40-41H,9,12-15,20H2,1-3H3,(H2,38,44)(H2,39,45)/b8-7+/t21-,29+,32-,33+,36?,37-/m0/s1.